The predicted molar refractivity (Wildman–Crippen MR) is 110 cm³/mol. The van der Waals surface area contributed by atoms with Crippen molar-refractivity contribution in [3.8, 4) is 5.75 Å². The van der Waals surface area contributed by atoms with Crippen LogP contribution in [0, 0.1) is 0 Å². The molecular weight excluding hydrogens is 366 g/mol. The molecule has 0 bridgehead atoms. The Balaban J connectivity index is 1.36. The summed E-state index contributed by atoms with van der Waals surface area (Å²) >= 11 is 0. The SMILES string of the molecule is CCOc1ccc(N2C(=O)C[C@H]([NH+]3CC[NH+](Cc4ccccc4)CC3)C2=O)cc1. The third-order valence-corrected chi connectivity index (χ3v) is 5.94. The van der Waals surface area contributed by atoms with Crippen LogP contribution in [0.3, 0.4) is 0 Å². The number of amides is 2. The zero-order valence-electron chi connectivity index (χ0n) is 16.9. The summed E-state index contributed by atoms with van der Waals surface area (Å²) in [4.78, 5) is 29.8. The standard InChI is InChI=1S/C23H27N3O3/c1-2-29-20-10-8-19(9-11-20)26-22(27)16-21(23(26)28)25-14-12-24(13-15-25)17-18-6-4-3-5-7-18/h3-11,21H,2,12-17H2,1H3/p+2/t21-/m0/s1. The van der Waals surface area contributed by atoms with E-state index in [4.69, 9.17) is 4.74 Å². The van der Waals surface area contributed by atoms with E-state index in [0.29, 0.717) is 18.7 Å². The molecule has 2 saturated heterocycles. The van der Waals surface area contributed by atoms with Gasteiger partial charge < -0.3 is 14.5 Å². The molecule has 2 aliphatic heterocycles. The van der Waals surface area contributed by atoms with Gasteiger partial charge in [0.2, 0.25) is 5.91 Å². The van der Waals surface area contributed by atoms with Crippen LogP contribution in [0.15, 0.2) is 54.6 Å². The molecule has 29 heavy (non-hydrogen) atoms. The molecule has 0 spiro atoms. The average molecular weight is 396 g/mol. The summed E-state index contributed by atoms with van der Waals surface area (Å²) in [6.07, 6.45) is 0.301. The molecule has 0 unspecified atom stereocenters. The van der Waals surface area contributed by atoms with E-state index in [-0.39, 0.29) is 17.9 Å². The van der Waals surface area contributed by atoms with Gasteiger partial charge in [-0.15, -0.1) is 0 Å². The molecule has 4 rings (SSSR count). The molecule has 2 amide bonds. The Morgan fingerprint density at radius 1 is 0.966 bits per heavy atom. The number of hydrogen-bond acceptors (Lipinski definition) is 3. The van der Waals surface area contributed by atoms with E-state index >= 15 is 0 Å². The van der Waals surface area contributed by atoms with Crippen molar-refractivity contribution in [2.24, 2.45) is 0 Å². The summed E-state index contributed by atoms with van der Waals surface area (Å²) in [5.41, 5.74) is 1.98. The van der Waals surface area contributed by atoms with Crippen LogP contribution in [0.25, 0.3) is 0 Å². The van der Waals surface area contributed by atoms with Crippen molar-refractivity contribution in [1.82, 2.24) is 0 Å². The van der Waals surface area contributed by atoms with E-state index in [2.05, 4.69) is 24.3 Å². The van der Waals surface area contributed by atoms with Gasteiger partial charge in [0.05, 0.1) is 18.7 Å². The van der Waals surface area contributed by atoms with Crippen molar-refractivity contribution in [3.63, 3.8) is 0 Å². The number of carbonyl (C=O) groups is 2. The van der Waals surface area contributed by atoms with Crippen LogP contribution in [0.1, 0.15) is 18.9 Å². The maximum atomic E-state index is 13.0. The van der Waals surface area contributed by atoms with Crippen molar-refractivity contribution in [2.45, 2.75) is 25.9 Å². The van der Waals surface area contributed by atoms with Crippen LogP contribution >= 0.6 is 0 Å². The summed E-state index contributed by atoms with van der Waals surface area (Å²) in [5.74, 6) is 0.575. The van der Waals surface area contributed by atoms with Gasteiger partial charge in [-0.05, 0) is 31.2 Å². The first kappa shape index (κ1) is 19.6. The Labute approximate surface area is 171 Å². The van der Waals surface area contributed by atoms with Gasteiger partial charge in [-0.2, -0.15) is 0 Å². The fourth-order valence-electron chi connectivity index (χ4n) is 4.41. The minimum atomic E-state index is -0.257. The molecule has 2 aromatic carbocycles. The molecule has 0 radical (unpaired) electrons. The van der Waals surface area contributed by atoms with Crippen molar-refractivity contribution >= 4 is 17.5 Å². The fourth-order valence-corrected chi connectivity index (χ4v) is 4.41. The van der Waals surface area contributed by atoms with Crippen molar-refractivity contribution in [2.75, 3.05) is 37.7 Å². The Morgan fingerprint density at radius 2 is 1.66 bits per heavy atom. The highest BCUT2D eigenvalue weighted by Gasteiger charge is 2.46. The zero-order valence-corrected chi connectivity index (χ0v) is 16.9. The molecule has 2 N–H and O–H groups in total. The molecule has 1 atom stereocenters. The highest BCUT2D eigenvalue weighted by Crippen LogP contribution is 2.24. The normalized spacial score (nSPS) is 24.7. The third-order valence-electron chi connectivity index (χ3n) is 5.94. The van der Waals surface area contributed by atoms with Gasteiger partial charge >= 0.3 is 0 Å². The van der Waals surface area contributed by atoms with Crippen molar-refractivity contribution in [3.05, 3.63) is 60.2 Å². The van der Waals surface area contributed by atoms with Gasteiger partial charge in [-0.25, -0.2) is 4.90 Å². The number of nitrogens with one attached hydrogen (secondary N) is 2. The van der Waals surface area contributed by atoms with Gasteiger partial charge in [0.1, 0.15) is 38.5 Å². The van der Waals surface area contributed by atoms with E-state index in [1.807, 2.05) is 25.1 Å². The minimum Gasteiger partial charge on any atom is -0.494 e. The molecule has 0 aromatic heterocycles. The second kappa shape index (κ2) is 8.76. The predicted octanol–water partition coefficient (Wildman–Crippen LogP) is -0.299. The number of nitrogens with zero attached hydrogens (tertiary/aromatic N) is 1. The molecule has 0 aliphatic carbocycles. The lowest BCUT2D eigenvalue weighted by Crippen LogP contribution is -3.29. The zero-order chi connectivity index (χ0) is 20.2. The lowest BCUT2D eigenvalue weighted by Gasteiger charge is -2.32. The number of ether oxygens (including phenoxy) is 1. The summed E-state index contributed by atoms with van der Waals surface area (Å²) in [7, 11) is 0. The highest BCUT2D eigenvalue weighted by molar-refractivity contribution is 6.21. The van der Waals surface area contributed by atoms with E-state index in [9.17, 15) is 9.59 Å². The number of rotatable bonds is 6. The fraction of sp³-hybridized carbons (Fsp3) is 0.391. The largest absolute Gasteiger partial charge is 0.494 e. The summed E-state index contributed by atoms with van der Waals surface area (Å²) in [6.45, 7) is 7.41. The van der Waals surface area contributed by atoms with Gasteiger partial charge in [-0.3, -0.25) is 9.59 Å². The molecule has 152 valence electrons. The van der Waals surface area contributed by atoms with Crippen LogP contribution < -0.4 is 19.4 Å². The number of carbonyl (C=O) groups excluding carboxylic acids is 2. The number of anilines is 1. The molecule has 2 heterocycles. The second-order valence-corrected chi connectivity index (χ2v) is 7.82. The highest BCUT2D eigenvalue weighted by atomic mass is 16.5. The lowest BCUT2D eigenvalue weighted by atomic mass is 10.1. The maximum Gasteiger partial charge on any atom is 0.292 e. The Kier molecular flexibility index (Phi) is 5.92. The van der Waals surface area contributed by atoms with E-state index < -0.39 is 0 Å². The van der Waals surface area contributed by atoms with Crippen LogP contribution in [-0.2, 0) is 16.1 Å². The van der Waals surface area contributed by atoms with Gasteiger partial charge in [0.15, 0.2) is 6.04 Å². The monoisotopic (exact) mass is 395 g/mol. The third kappa shape index (κ3) is 4.33. The molecular formula is C23H29N3O3+2. The maximum absolute atomic E-state index is 13.0. The molecule has 6 heteroatoms. The van der Waals surface area contributed by atoms with Crippen LogP contribution in [0.2, 0.25) is 0 Å². The van der Waals surface area contributed by atoms with Gasteiger partial charge in [0.25, 0.3) is 5.91 Å². The average Bonchev–Trinajstić information content (AvgIpc) is 3.04. The van der Waals surface area contributed by atoms with Crippen LogP contribution in [0.5, 0.6) is 5.75 Å². The first-order chi connectivity index (χ1) is 14.2. The summed E-state index contributed by atoms with van der Waals surface area (Å²) < 4.78 is 5.45. The molecule has 2 aliphatic rings. The number of quaternary nitrogens is 2. The lowest BCUT2D eigenvalue weighted by molar-refractivity contribution is -1.02. The van der Waals surface area contributed by atoms with Crippen molar-refractivity contribution < 1.29 is 24.1 Å². The Morgan fingerprint density at radius 3 is 2.31 bits per heavy atom. The van der Waals surface area contributed by atoms with E-state index in [1.54, 1.807) is 17.0 Å². The Bertz CT molecular complexity index is 845. The number of hydrogen-bond donors (Lipinski definition) is 2. The van der Waals surface area contributed by atoms with E-state index in [1.165, 1.54) is 15.4 Å². The summed E-state index contributed by atoms with van der Waals surface area (Å²) in [5, 5.41) is 0. The van der Waals surface area contributed by atoms with Crippen LogP contribution in [0.4, 0.5) is 5.69 Å². The molecule has 0 saturated carbocycles. The molecule has 2 fully saturated rings. The molecule has 2 aromatic rings. The van der Waals surface area contributed by atoms with E-state index in [0.717, 1.165) is 38.5 Å². The quantitative estimate of drug-likeness (QED) is 0.661. The van der Waals surface area contributed by atoms with Crippen LogP contribution in [-0.4, -0.2) is 50.6 Å². The first-order valence-corrected chi connectivity index (χ1v) is 10.5. The van der Waals surface area contributed by atoms with Gasteiger partial charge in [-0.1, -0.05) is 30.3 Å². The second-order valence-electron chi connectivity index (χ2n) is 7.82. The molecule has 6 nitrogen and oxygen atoms in total. The Hall–Kier alpha value is -2.70. The topological polar surface area (TPSA) is 55.5 Å². The van der Waals surface area contributed by atoms with Crippen molar-refractivity contribution in [1.29, 1.82) is 0 Å². The number of benzene rings is 2. The number of piperazine rings is 1. The first-order valence-electron chi connectivity index (χ1n) is 10.5. The van der Waals surface area contributed by atoms with Gasteiger partial charge in [0, 0.05) is 5.56 Å². The number of imide groups is 1. The smallest absolute Gasteiger partial charge is 0.292 e. The summed E-state index contributed by atoms with van der Waals surface area (Å²) in [6, 6.07) is 17.5. The minimum absolute atomic E-state index is 0.0688.